The average molecular weight is 277 g/mol. The molecule has 0 spiro atoms. The largest absolute Gasteiger partial charge is 0.295 e. The molecule has 0 amide bonds. The van der Waals surface area contributed by atoms with E-state index in [4.69, 9.17) is 0 Å². The van der Waals surface area contributed by atoms with E-state index in [0.717, 1.165) is 10.9 Å². The van der Waals surface area contributed by atoms with Crippen LogP contribution in [-0.2, 0) is 0 Å². The summed E-state index contributed by atoms with van der Waals surface area (Å²) in [6.07, 6.45) is 7.12. The zero-order valence-electron chi connectivity index (χ0n) is 11.0. The summed E-state index contributed by atoms with van der Waals surface area (Å²) in [4.78, 5) is 19.0. The van der Waals surface area contributed by atoms with Crippen LogP contribution in [0.3, 0.4) is 0 Å². The number of benzene rings is 1. The molecule has 1 aromatic carbocycles. The maximum absolute atomic E-state index is 11.0. The zero-order chi connectivity index (χ0) is 14.7. The molecular formula is C16H11N3O2. The average Bonchev–Trinajstić information content (AvgIpc) is 2.53. The van der Waals surface area contributed by atoms with Crippen molar-refractivity contribution in [1.29, 1.82) is 0 Å². The maximum Gasteiger partial charge on any atom is 0.295 e. The Morgan fingerprint density at radius 2 is 1.95 bits per heavy atom. The summed E-state index contributed by atoms with van der Waals surface area (Å²) in [7, 11) is 0. The van der Waals surface area contributed by atoms with Crippen molar-refractivity contribution in [3.63, 3.8) is 0 Å². The van der Waals surface area contributed by atoms with Gasteiger partial charge in [0, 0.05) is 23.8 Å². The number of nitrogens with zero attached hydrogens (tertiary/aromatic N) is 3. The first-order valence-electron chi connectivity index (χ1n) is 6.36. The van der Waals surface area contributed by atoms with E-state index in [1.807, 2.05) is 42.5 Å². The van der Waals surface area contributed by atoms with Crippen LogP contribution in [0.15, 0.2) is 54.9 Å². The van der Waals surface area contributed by atoms with Crippen LogP contribution in [0.25, 0.3) is 23.1 Å². The molecule has 3 aromatic rings. The standard InChI is InChI=1S/C16H11N3O2/c20-19(21)15-5-1-4-13-7-9-14(18-16(13)15)8-6-12-3-2-10-17-11-12/h1-11H. The van der Waals surface area contributed by atoms with Crippen LogP contribution in [-0.4, -0.2) is 14.9 Å². The van der Waals surface area contributed by atoms with E-state index in [-0.39, 0.29) is 5.69 Å². The quantitative estimate of drug-likeness (QED) is 0.540. The third kappa shape index (κ3) is 2.76. The number of nitro benzene ring substituents is 1. The van der Waals surface area contributed by atoms with Crippen molar-refractivity contribution in [3.05, 3.63) is 76.2 Å². The van der Waals surface area contributed by atoms with E-state index in [1.54, 1.807) is 18.5 Å². The number of fused-ring (bicyclic) bond motifs is 1. The highest BCUT2D eigenvalue weighted by atomic mass is 16.6. The Morgan fingerprint density at radius 1 is 1.05 bits per heavy atom. The van der Waals surface area contributed by atoms with Crippen molar-refractivity contribution in [2.24, 2.45) is 0 Å². The van der Waals surface area contributed by atoms with Gasteiger partial charge in [-0.2, -0.15) is 0 Å². The molecule has 21 heavy (non-hydrogen) atoms. The van der Waals surface area contributed by atoms with Gasteiger partial charge in [0.15, 0.2) is 0 Å². The summed E-state index contributed by atoms with van der Waals surface area (Å²) in [5.41, 5.74) is 2.03. The number of nitro groups is 1. The highest BCUT2D eigenvalue weighted by molar-refractivity contribution is 5.88. The second-order valence-corrected chi connectivity index (χ2v) is 4.46. The smallest absolute Gasteiger partial charge is 0.264 e. The van der Waals surface area contributed by atoms with Gasteiger partial charge in [0.05, 0.1) is 10.6 Å². The van der Waals surface area contributed by atoms with Crippen molar-refractivity contribution >= 4 is 28.7 Å². The van der Waals surface area contributed by atoms with Crippen molar-refractivity contribution in [1.82, 2.24) is 9.97 Å². The fourth-order valence-corrected chi connectivity index (χ4v) is 2.04. The molecule has 2 aromatic heterocycles. The lowest BCUT2D eigenvalue weighted by Crippen LogP contribution is -1.92. The fourth-order valence-electron chi connectivity index (χ4n) is 2.04. The zero-order valence-corrected chi connectivity index (χ0v) is 11.0. The lowest BCUT2D eigenvalue weighted by atomic mass is 10.1. The van der Waals surface area contributed by atoms with E-state index < -0.39 is 4.92 Å². The van der Waals surface area contributed by atoms with Crippen LogP contribution in [0.1, 0.15) is 11.3 Å². The number of rotatable bonds is 3. The molecule has 102 valence electrons. The summed E-state index contributed by atoms with van der Waals surface area (Å²) in [5, 5.41) is 11.8. The Bertz CT molecular complexity index is 829. The van der Waals surface area contributed by atoms with Gasteiger partial charge in [0.1, 0.15) is 5.52 Å². The number of para-hydroxylation sites is 1. The van der Waals surface area contributed by atoms with Gasteiger partial charge in [-0.3, -0.25) is 15.1 Å². The molecule has 0 saturated heterocycles. The molecule has 0 fully saturated rings. The molecule has 0 aliphatic carbocycles. The molecule has 5 nitrogen and oxygen atoms in total. The van der Waals surface area contributed by atoms with Crippen LogP contribution >= 0.6 is 0 Å². The first-order chi connectivity index (χ1) is 10.2. The normalized spacial score (nSPS) is 11.0. The maximum atomic E-state index is 11.0. The van der Waals surface area contributed by atoms with Gasteiger partial charge in [0.25, 0.3) is 5.69 Å². The van der Waals surface area contributed by atoms with Crippen LogP contribution in [0.4, 0.5) is 5.69 Å². The number of pyridine rings is 2. The third-order valence-corrected chi connectivity index (χ3v) is 3.05. The first-order valence-corrected chi connectivity index (χ1v) is 6.36. The lowest BCUT2D eigenvalue weighted by Gasteiger charge is -2.00. The minimum absolute atomic E-state index is 0.0177. The van der Waals surface area contributed by atoms with Gasteiger partial charge in [-0.25, -0.2) is 4.98 Å². The van der Waals surface area contributed by atoms with Crippen LogP contribution in [0, 0.1) is 10.1 Å². The van der Waals surface area contributed by atoms with E-state index >= 15 is 0 Å². The molecule has 0 aliphatic rings. The fraction of sp³-hybridized carbons (Fsp3) is 0. The van der Waals surface area contributed by atoms with Crippen molar-refractivity contribution in [3.8, 4) is 0 Å². The predicted octanol–water partition coefficient (Wildman–Crippen LogP) is 3.71. The van der Waals surface area contributed by atoms with Crippen LogP contribution in [0.2, 0.25) is 0 Å². The first kappa shape index (κ1) is 12.9. The van der Waals surface area contributed by atoms with Crippen molar-refractivity contribution < 1.29 is 4.92 Å². The molecule has 0 aliphatic heterocycles. The number of hydrogen-bond donors (Lipinski definition) is 0. The van der Waals surface area contributed by atoms with E-state index in [1.165, 1.54) is 6.07 Å². The van der Waals surface area contributed by atoms with Gasteiger partial charge >= 0.3 is 0 Å². The highest BCUT2D eigenvalue weighted by Gasteiger charge is 2.12. The van der Waals surface area contributed by atoms with Crippen LogP contribution < -0.4 is 0 Å². The third-order valence-electron chi connectivity index (χ3n) is 3.05. The Morgan fingerprint density at radius 3 is 2.71 bits per heavy atom. The number of hydrogen-bond acceptors (Lipinski definition) is 4. The second-order valence-electron chi connectivity index (χ2n) is 4.46. The molecule has 5 heteroatoms. The molecule has 3 rings (SSSR count). The van der Waals surface area contributed by atoms with Crippen LogP contribution in [0.5, 0.6) is 0 Å². The topological polar surface area (TPSA) is 68.9 Å². The highest BCUT2D eigenvalue weighted by Crippen LogP contribution is 2.24. The molecule has 2 heterocycles. The predicted molar refractivity (Wildman–Crippen MR) is 81.6 cm³/mol. The molecular weight excluding hydrogens is 266 g/mol. The second kappa shape index (κ2) is 5.50. The van der Waals surface area contributed by atoms with Gasteiger partial charge in [-0.05, 0) is 23.8 Å². The van der Waals surface area contributed by atoms with Gasteiger partial charge in [-0.15, -0.1) is 0 Å². The Balaban J connectivity index is 2.03. The molecule has 0 N–H and O–H groups in total. The number of non-ortho nitro benzene ring substituents is 1. The van der Waals surface area contributed by atoms with Gasteiger partial charge < -0.3 is 0 Å². The minimum atomic E-state index is -0.413. The van der Waals surface area contributed by atoms with E-state index in [2.05, 4.69) is 9.97 Å². The summed E-state index contributed by atoms with van der Waals surface area (Å²) in [5.74, 6) is 0. The van der Waals surface area contributed by atoms with Gasteiger partial charge in [-0.1, -0.05) is 30.3 Å². The molecule has 0 unspecified atom stereocenters. The minimum Gasteiger partial charge on any atom is -0.264 e. The summed E-state index contributed by atoms with van der Waals surface area (Å²) in [6.45, 7) is 0. The Kier molecular flexibility index (Phi) is 3.39. The molecule has 0 radical (unpaired) electrons. The SMILES string of the molecule is O=[N+]([O-])c1cccc2ccc(C=Cc3cccnc3)nc12. The summed E-state index contributed by atoms with van der Waals surface area (Å²) in [6, 6.07) is 12.4. The van der Waals surface area contributed by atoms with Crippen molar-refractivity contribution in [2.45, 2.75) is 0 Å². The monoisotopic (exact) mass is 277 g/mol. The summed E-state index contributed by atoms with van der Waals surface area (Å²) >= 11 is 0. The van der Waals surface area contributed by atoms with Gasteiger partial charge in [0.2, 0.25) is 0 Å². The molecule has 0 bridgehead atoms. The Labute approximate surface area is 120 Å². The molecule has 0 saturated carbocycles. The molecule has 0 atom stereocenters. The summed E-state index contributed by atoms with van der Waals surface area (Å²) < 4.78 is 0. The van der Waals surface area contributed by atoms with E-state index in [9.17, 15) is 10.1 Å². The number of aromatic nitrogens is 2. The lowest BCUT2D eigenvalue weighted by molar-refractivity contribution is -0.383. The van der Waals surface area contributed by atoms with E-state index in [0.29, 0.717) is 11.2 Å². The van der Waals surface area contributed by atoms with Crippen molar-refractivity contribution in [2.75, 3.05) is 0 Å². The Hall–Kier alpha value is -3.08.